The summed E-state index contributed by atoms with van der Waals surface area (Å²) < 4.78 is 26.4. The van der Waals surface area contributed by atoms with Crippen molar-refractivity contribution >= 4 is 33.6 Å². The Morgan fingerprint density at radius 2 is 1.94 bits per heavy atom. The number of rotatable bonds is 6. The van der Waals surface area contributed by atoms with E-state index < -0.39 is 12.1 Å². The third kappa shape index (κ3) is 3.69. The Bertz CT molecular complexity index is 1560. The van der Waals surface area contributed by atoms with Crippen LogP contribution in [0.3, 0.4) is 0 Å². The molecule has 4 heterocycles. The number of fused-ring (bicyclic) bond motifs is 3. The van der Waals surface area contributed by atoms with E-state index in [2.05, 4.69) is 30.5 Å². The van der Waals surface area contributed by atoms with E-state index in [-0.39, 0.29) is 0 Å². The van der Waals surface area contributed by atoms with Crippen LogP contribution in [0.25, 0.3) is 33.1 Å². The predicted molar refractivity (Wildman–Crippen MR) is 133 cm³/mol. The quantitative estimate of drug-likeness (QED) is 0.336. The van der Waals surface area contributed by atoms with Gasteiger partial charge >= 0.3 is 0 Å². The standard InChI is InChI=1S/C25H28FN7O2/c1-12-21(13(2)35-32-12)16-8-17-15(9-18(16)34-7)22-23(29-17)27-14(3)28-24(22)30-20-10-19(31-33(20)6)25(4,5)11-26/h8-10H,11H2,1-7H3,(H2,27,28,29,30). The Kier molecular flexibility index (Phi) is 5.26. The molecule has 0 unspecified atom stereocenters. The van der Waals surface area contributed by atoms with Crippen LogP contribution in [0.5, 0.6) is 5.75 Å². The lowest BCUT2D eigenvalue weighted by atomic mass is 9.91. The number of aromatic amines is 1. The summed E-state index contributed by atoms with van der Waals surface area (Å²) in [6.45, 7) is 8.78. The third-order valence-electron chi connectivity index (χ3n) is 6.34. The molecular formula is C25H28FN7O2. The summed E-state index contributed by atoms with van der Waals surface area (Å²) in [5.41, 5.74) is 4.13. The van der Waals surface area contributed by atoms with E-state index in [4.69, 9.17) is 9.26 Å². The average Bonchev–Trinajstić information content (AvgIpc) is 3.47. The summed E-state index contributed by atoms with van der Waals surface area (Å²) in [7, 11) is 3.46. The molecule has 0 amide bonds. The zero-order valence-electron chi connectivity index (χ0n) is 20.9. The van der Waals surface area contributed by atoms with Gasteiger partial charge < -0.3 is 19.6 Å². The molecule has 0 saturated carbocycles. The van der Waals surface area contributed by atoms with Crippen molar-refractivity contribution in [1.29, 1.82) is 0 Å². The second-order valence-corrected chi connectivity index (χ2v) is 9.45. The van der Waals surface area contributed by atoms with Crippen molar-refractivity contribution in [1.82, 2.24) is 29.9 Å². The molecule has 5 rings (SSSR count). The fourth-order valence-corrected chi connectivity index (χ4v) is 4.36. The first-order valence-electron chi connectivity index (χ1n) is 11.3. The van der Waals surface area contributed by atoms with Crippen molar-refractivity contribution in [2.45, 2.75) is 40.0 Å². The molecule has 10 heteroatoms. The van der Waals surface area contributed by atoms with Crippen molar-refractivity contribution in [2.24, 2.45) is 7.05 Å². The van der Waals surface area contributed by atoms with Gasteiger partial charge in [0.25, 0.3) is 0 Å². The largest absolute Gasteiger partial charge is 0.496 e. The van der Waals surface area contributed by atoms with Gasteiger partial charge in [0.05, 0.1) is 29.4 Å². The molecule has 0 atom stereocenters. The van der Waals surface area contributed by atoms with E-state index in [0.717, 1.165) is 38.9 Å². The van der Waals surface area contributed by atoms with Gasteiger partial charge in [0.15, 0.2) is 0 Å². The molecule has 0 aliphatic rings. The molecule has 0 aliphatic heterocycles. The number of aromatic nitrogens is 6. The van der Waals surface area contributed by atoms with Crippen molar-refractivity contribution < 1.29 is 13.7 Å². The fraction of sp³-hybridized carbons (Fsp3) is 0.360. The summed E-state index contributed by atoms with van der Waals surface area (Å²) in [5, 5.41) is 13.7. The monoisotopic (exact) mass is 477 g/mol. The number of hydrogen-bond acceptors (Lipinski definition) is 7. The highest BCUT2D eigenvalue weighted by atomic mass is 19.1. The Balaban J connectivity index is 1.70. The SMILES string of the molecule is COc1cc2c(cc1-c1c(C)noc1C)[nH]c1nc(C)nc(Nc3cc(C(C)(C)CF)nn3C)c12. The molecule has 1 aromatic carbocycles. The van der Waals surface area contributed by atoms with E-state index >= 15 is 0 Å². The predicted octanol–water partition coefficient (Wildman–Crippen LogP) is 5.42. The highest BCUT2D eigenvalue weighted by Crippen LogP contribution is 2.41. The number of ether oxygens (including phenoxy) is 1. The van der Waals surface area contributed by atoms with Crippen LogP contribution in [0.4, 0.5) is 16.0 Å². The van der Waals surface area contributed by atoms with E-state index in [0.29, 0.717) is 34.6 Å². The second kappa shape index (κ2) is 8.07. The van der Waals surface area contributed by atoms with Crippen LogP contribution in [0.15, 0.2) is 22.7 Å². The summed E-state index contributed by atoms with van der Waals surface area (Å²) in [4.78, 5) is 12.7. The molecule has 182 valence electrons. The number of nitrogens with one attached hydrogen (secondary N) is 2. The second-order valence-electron chi connectivity index (χ2n) is 9.45. The highest BCUT2D eigenvalue weighted by molar-refractivity contribution is 6.13. The van der Waals surface area contributed by atoms with Crippen molar-refractivity contribution in [3.05, 3.63) is 41.2 Å². The van der Waals surface area contributed by atoms with Gasteiger partial charge in [-0.05, 0) is 32.9 Å². The van der Waals surface area contributed by atoms with Gasteiger partial charge in [0, 0.05) is 35.0 Å². The topological polar surface area (TPSA) is 107 Å². The van der Waals surface area contributed by atoms with Crippen molar-refractivity contribution in [2.75, 3.05) is 19.1 Å². The molecule has 0 radical (unpaired) electrons. The molecule has 0 bridgehead atoms. The first kappa shape index (κ1) is 22.8. The van der Waals surface area contributed by atoms with Crippen LogP contribution in [-0.2, 0) is 12.5 Å². The molecule has 2 N–H and O–H groups in total. The summed E-state index contributed by atoms with van der Waals surface area (Å²) in [6, 6.07) is 5.85. The zero-order valence-corrected chi connectivity index (χ0v) is 20.9. The Morgan fingerprint density at radius 3 is 2.60 bits per heavy atom. The molecule has 9 nitrogen and oxygen atoms in total. The van der Waals surface area contributed by atoms with Crippen LogP contribution in [0, 0.1) is 20.8 Å². The third-order valence-corrected chi connectivity index (χ3v) is 6.34. The van der Waals surface area contributed by atoms with Crippen LogP contribution in [0.2, 0.25) is 0 Å². The van der Waals surface area contributed by atoms with Crippen LogP contribution in [-0.4, -0.2) is 43.7 Å². The van der Waals surface area contributed by atoms with Gasteiger partial charge in [-0.1, -0.05) is 19.0 Å². The lowest BCUT2D eigenvalue weighted by Crippen LogP contribution is -2.20. The number of nitrogens with zero attached hydrogens (tertiary/aromatic N) is 5. The van der Waals surface area contributed by atoms with E-state index in [1.807, 2.05) is 59.9 Å². The van der Waals surface area contributed by atoms with Crippen LogP contribution < -0.4 is 10.1 Å². The molecule has 0 saturated heterocycles. The number of halogens is 1. The molecule has 5 aromatic rings. The maximum Gasteiger partial charge on any atom is 0.145 e. The molecule has 0 fully saturated rings. The Hall–Kier alpha value is -3.95. The van der Waals surface area contributed by atoms with Gasteiger partial charge in [-0.2, -0.15) is 5.10 Å². The lowest BCUT2D eigenvalue weighted by molar-refractivity contribution is 0.342. The molecule has 35 heavy (non-hydrogen) atoms. The number of aryl methyl sites for hydroxylation is 4. The van der Waals surface area contributed by atoms with Gasteiger partial charge in [-0.3, -0.25) is 9.07 Å². The summed E-state index contributed by atoms with van der Waals surface area (Å²) in [6.07, 6.45) is 0. The lowest BCUT2D eigenvalue weighted by Gasteiger charge is -2.16. The molecule has 0 spiro atoms. The van der Waals surface area contributed by atoms with E-state index in [9.17, 15) is 4.39 Å². The van der Waals surface area contributed by atoms with Gasteiger partial charge in [0.2, 0.25) is 0 Å². The van der Waals surface area contributed by atoms with Crippen LogP contribution in [0.1, 0.15) is 36.8 Å². The Labute approximate surface area is 201 Å². The summed E-state index contributed by atoms with van der Waals surface area (Å²) in [5.74, 6) is 3.34. The van der Waals surface area contributed by atoms with Gasteiger partial charge in [0.1, 0.15) is 41.3 Å². The highest BCUT2D eigenvalue weighted by Gasteiger charge is 2.26. The first-order chi connectivity index (χ1) is 16.6. The number of benzene rings is 1. The maximum atomic E-state index is 13.6. The van der Waals surface area contributed by atoms with E-state index in [1.54, 1.807) is 11.8 Å². The normalized spacial score (nSPS) is 12.1. The van der Waals surface area contributed by atoms with Gasteiger partial charge in [-0.15, -0.1) is 0 Å². The summed E-state index contributed by atoms with van der Waals surface area (Å²) >= 11 is 0. The number of H-pyrrole nitrogens is 1. The minimum Gasteiger partial charge on any atom is -0.496 e. The van der Waals surface area contributed by atoms with Crippen LogP contribution >= 0.6 is 0 Å². The molecule has 4 aromatic heterocycles. The Morgan fingerprint density at radius 1 is 1.17 bits per heavy atom. The molecular weight excluding hydrogens is 449 g/mol. The number of anilines is 2. The first-order valence-corrected chi connectivity index (χ1v) is 11.3. The number of alkyl halides is 1. The van der Waals surface area contributed by atoms with Gasteiger partial charge in [-0.25, -0.2) is 9.97 Å². The fourth-order valence-electron chi connectivity index (χ4n) is 4.36. The molecule has 0 aliphatic carbocycles. The van der Waals surface area contributed by atoms with Crippen molar-refractivity contribution in [3.8, 4) is 16.9 Å². The number of methoxy groups -OCH3 is 1. The maximum absolute atomic E-state index is 13.6. The minimum absolute atomic E-state index is 0.504. The van der Waals surface area contributed by atoms with Crippen molar-refractivity contribution in [3.63, 3.8) is 0 Å². The zero-order chi connectivity index (χ0) is 25.1. The smallest absolute Gasteiger partial charge is 0.145 e. The average molecular weight is 478 g/mol. The van der Waals surface area contributed by atoms with E-state index in [1.165, 1.54) is 0 Å². The number of hydrogen-bond donors (Lipinski definition) is 2. The minimum atomic E-state index is -0.683.